The molecular weight excluding hydrogens is 553 g/mol. The first-order chi connectivity index (χ1) is 10.4. The van der Waals surface area contributed by atoms with Gasteiger partial charge in [0.2, 0.25) is 0 Å². The predicted octanol–water partition coefficient (Wildman–Crippen LogP) is 4.63. The van der Waals surface area contributed by atoms with Crippen molar-refractivity contribution >= 4 is 17.0 Å². The maximum Gasteiger partial charge on any atom is 0.116 e. The van der Waals surface area contributed by atoms with E-state index >= 15 is 0 Å². The SMILES string of the molecule is C.Cc1c2c(c3c(nc4n3[CH-]C(C)N4)c1C)C(C)C(C)C(C)O2.[Rf]. The van der Waals surface area contributed by atoms with E-state index in [1.165, 1.54) is 22.2 Å². The number of nitrogens with one attached hydrogen (secondary N) is 1. The van der Waals surface area contributed by atoms with E-state index in [4.69, 9.17) is 9.72 Å². The molecule has 0 saturated heterocycles. The molecule has 2 aromatic rings. The van der Waals surface area contributed by atoms with Gasteiger partial charge in [-0.25, -0.2) is 0 Å². The summed E-state index contributed by atoms with van der Waals surface area (Å²) in [5.41, 5.74) is 6.13. The monoisotopic (exact) mass is 581 g/mol. The van der Waals surface area contributed by atoms with Gasteiger partial charge in [0, 0.05) is 11.6 Å². The van der Waals surface area contributed by atoms with Crippen LogP contribution >= 0.6 is 0 Å². The van der Waals surface area contributed by atoms with Crippen molar-refractivity contribution in [3.05, 3.63) is 23.2 Å². The first-order valence-corrected chi connectivity index (χ1v) is 8.23. The molecular formula is C19H28N3ORf-. The number of anilines is 1. The van der Waals surface area contributed by atoms with Gasteiger partial charge < -0.3 is 14.6 Å². The van der Waals surface area contributed by atoms with Crippen LogP contribution in [0.2, 0.25) is 0 Å². The smallest absolute Gasteiger partial charge is 0.116 e. The van der Waals surface area contributed by atoms with Crippen molar-refractivity contribution in [2.45, 2.75) is 67.0 Å². The van der Waals surface area contributed by atoms with E-state index in [1.54, 1.807) is 0 Å². The molecule has 5 heteroatoms. The number of hydrogen-bond acceptors (Lipinski definition) is 3. The Morgan fingerprint density at radius 3 is 2.46 bits per heavy atom. The van der Waals surface area contributed by atoms with Crippen molar-refractivity contribution in [2.75, 3.05) is 5.32 Å². The molecule has 3 heterocycles. The maximum atomic E-state index is 6.31. The first kappa shape index (κ1) is 17.5. The van der Waals surface area contributed by atoms with Crippen LogP contribution in [0.4, 0.5) is 5.95 Å². The molecule has 0 aliphatic carbocycles. The van der Waals surface area contributed by atoms with Gasteiger partial charge in [-0.2, -0.15) is 0 Å². The molecule has 4 atom stereocenters. The van der Waals surface area contributed by atoms with Crippen LogP contribution in [0, 0.1) is 26.3 Å². The number of fused-ring (bicyclic) bond motifs is 5. The maximum absolute atomic E-state index is 6.31. The summed E-state index contributed by atoms with van der Waals surface area (Å²) in [7, 11) is 0. The second-order valence-electron chi connectivity index (χ2n) is 7.05. The summed E-state index contributed by atoms with van der Waals surface area (Å²) in [6.07, 6.45) is 0.250. The number of benzene rings is 1. The molecule has 0 saturated carbocycles. The summed E-state index contributed by atoms with van der Waals surface area (Å²) in [5.74, 6) is 3.00. The number of nitrogens with zero attached hydrogens (tertiary/aromatic N) is 2. The summed E-state index contributed by atoms with van der Waals surface area (Å²) in [6, 6.07) is 0.320. The number of aryl methyl sites for hydroxylation is 1. The number of aromatic nitrogens is 2. The van der Waals surface area contributed by atoms with Crippen molar-refractivity contribution < 1.29 is 4.74 Å². The van der Waals surface area contributed by atoms with E-state index in [9.17, 15) is 0 Å². The van der Waals surface area contributed by atoms with Crippen LogP contribution in [0.5, 0.6) is 5.75 Å². The molecule has 1 aromatic carbocycles. The molecule has 0 fully saturated rings. The largest absolute Gasteiger partial charge is 0.491 e. The van der Waals surface area contributed by atoms with E-state index < -0.39 is 0 Å². The zero-order valence-corrected chi connectivity index (χ0v) is 21.3. The van der Waals surface area contributed by atoms with Crippen molar-refractivity contribution in [3.8, 4) is 5.75 Å². The van der Waals surface area contributed by atoms with Crippen LogP contribution in [0.1, 0.15) is 57.7 Å². The molecule has 0 bridgehead atoms. The Morgan fingerprint density at radius 1 is 1.12 bits per heavy atom. The summed E-state index contributed by atoms with van der Waals surface area (Å²) in [6.45, 7) is 15.5. The molecule has 1 N–H and O–H groups in total. The fourth-order valence-electron chi connectivity index (χ4n) is 3.86. The molecule has 128 valence electrons. The van der Waals surface area contributed by atoms with Gasteiger partial charge >= 0.3 is 0 Å². The van der Waals surface area contributed by atoms with Crippen LogP contribution in [0.3, 0.4) is 0 Å². The van der Waals surface area contributed by atoms with E-state index in [0.29, 0.717) is 17.9 Å². The minimum Gasteiger partial charge on any atom is -0.491 e. The van der Waals surface area contributed by atoms with Crippen LogP contribution in [-0.4, -0.2) is 21.7 Å². The van der Waals surface area contributed by atoms with Crippen LogP contribution in [0.15, 0.2) is 0 Å². The molecule has 1 aromatic heterocycles. The summed E-state index contributed by atoms with van der Waals surface area (Å²) >= 11 is 0. The minimum atomic E-state index is 0. The molecule has 0 amide bonds. The van der Waals surface area contributed by atoms with Crippen molar-refractivity contribution in [3.63, 3.8) is 0 Å². The standard InChI is InChI=1S/C18H24N3O.CH4.Rf/c1-8-7-21-16-14-10(3)9(2)13(6)22-17(14)12(5)11(4)15(16)20-18(21)19-8;;/h7-10,13H,1-6H3,(H,19,20);1H4;/q-1;;. The van der Waals surface area contributed by atoms with Crippen molar-refractivity contribution in [1.82, 2.24) is 9.55 Å². The molecule has 24 heavy (non-hydrogen) atoms. The number of imidazole rings is 1. The summed E-state index contributed by atoms with van der Waals surface area (Å²) < 4.78 is 8.54. The van der Waals surface area contributed by atoms with Gasteiger partial charge in [0.15, 0.2) is 0 Å². The predicted molar refractivity (Wildman–Crippen MR) is 96.4 cm³/mol. The number of ether oxygens (including phenoxy) is 1. The second kappa shape index (κ2) is 5.36. The van der Waals surface area contributed by atoms with E-state index in [0.717, 1.165) is 17.2 Å². The molecule has 2 aliphatic heterocycles. The number of rotatable bonds is 0. The van der Waals surface area contributed by atoms with Gasteiger partial charge in [0.25, 0.3) is 0 Å². The van der Waals surface area contributed by atoms with Gasteiger partial charge in [-0.1, -0.05) is 34.7 Å². The third kappa shape index (κ3) is 1.93. The van der Waals surface area contributed by atoms with E-state index in [1.807, 2.05) is 0 Å². The molecule has 2 aliphatic rings. The Labute approximate surface area is 139 Å². The molecule has 0 spiro atoms. The molecule has 0 radical (unpaired) electrons. The van der Waals surface area contributed by atoms with Gasteiger partial charge in [-0.15, -0.1) is 0 Å². The Morgan fingerprint density at radius 2 is 1.79 bits per heavy atom. The van der Waals surface area contributed by atoms with Gasteiger partial charge in [0.05, 0.1) is 12.1 Å². The Hall–Kier alpha value is -2.84. The molecule has 4 nitrogen and oxygen atoms in total. The minimum absolute atomic E-state index is 0. The average Bonchev–Trinajstić information content (AvgIpc) is 2.98. The van der Waals surface area contributed by atoms with E-state index in [-0.39, 0.29) is 13.5 Å². The quantitative estimate of drug-likeness (QED) is 0.462. The molecule has 4 unspecified atom stereocenters. The topological polar surface area (TPSA) is 39.1 Å². The van der Waals surface area contributed by atoms with Crippen LogP contribution in [-0.2, 0) is 0 Å². The third-order valence-electron chi connectivity index (χ3n) is 5.69. The van der Waals surface area contributed by atoms with E-state index in [2.05, 4.69) is 58.0 Å². The Kier molecular flexibility index (Phi) is 3.91. The van der Waals surface area contributed by atoms with Crippen LogP contribution in [0.25, 0.3) is 11.0 Å². The van der Waals surface area contributed by atoms with Crippen molar-refractivity contribution in [2.24, 2.45) is 5.92 Å². The normalized spacial score (nSPS) is 27.1. The summed E-state index contributed by atoms with van der Waals surface area (Å²) in [4.78, 5) is 4.86. The zero-order valence-electron chi connectivity index (χ0n) is 14.9. The van der Waals surface area contributed by atoms with Gasteiger partial charge in [-0.05, 0) is 54.8 Å². The van der Waals surface area contributed by atoms with Gasteiger partial charge in [-0.3, -0.25) is 4.98 Å². The third-order valence-corrected chi connectivity index (χ3v) is 5.69. The Balaban J connectivity index is 0.00000104. The molecule has 4 rings (SSSR count). The zero-order chi connectivity index (χ0) is 15.8. The van der Waals surface area contributed by atoms with Gasteiger partial charge in [0.1, 0.15) is 5.75 Å². The first-order valence-electron chi connectivity index (χ1n) is 8.23. The Bertz CT molecular complexity index is 783. The van der Waals surface area contributed by atoms with Crippen LogP contribution < -0.4 is 10.1 Å². The fraction of sp³-hybridized carbons (Fsp3) is 0.579. The summed E-state index contributed by atoms with van der Waals surface area (Å²) in [5, 5.41) is 3.43. The fourth-order valence-corrected chi connectivity index (χ4v) is 3.86. The van der Waals surface area contributed by atoms with Crippen molar-refractivity contribution in [1.29, 1.82) is 0 Å². The number of hydrogen-bond donors (Lipinski definition) is 1. The average molecular weight is 581 g/mol. The second-order valence-corrected chi connectivity index (χ2v) is 7.05.